The van der Waals surface area contributed by atoms with E-state index in [9.17, 15) is 4.79 Å². The van der Waals surface area contributed by atoms with Crippen molar-refractivity contribution in [2.75, 3.05) is 5.32 Å². The van der Waals surface area contributed by atoms with Gasteiger partial charge in [-0.2, -0.15) is 0 Å². The Labute approximate surface area is 160 Å². The molecule has 124 valence electrons. The molecule has 24 heavy (non-hydrogen) atoms. The highest BCUT2D eigenvalue weighted by molar-refractivity contribution is 9.10. The van der Waals surface area contributed by atoms with Gasteiger partial charge >= 0.3 is 0 Å². The maximum absolute atomic E-state index is 12.3. The number of anilines is 1. The fourth-order valence-electron chi connectivity index (χ4n) is 2.40. The Kier molecular flexibility index (Phi) is 6.21. The fraction of sp³-hybridized carbons (Fsp3) is 0.111. The molecule has 1 aromatic heterocycles. The summed E-state index contributed by atoms with van der Waals surface area (Å²) in [6, 6.07) is 13.1. The normalized spacial score (nSPS) is 10.3. The number of rotatable bonds is 3. The molecule has 3 aromatic rings. The van der Waals surface area contributed by atoms with Gasteiger partial charge in [-0.05, 0) is 54.4 Å². The van der Waals surface area contributed by atoms with Crippen molar-refractivity contribution in [1.82, 2.24) is 4.98 Å². The molecule has 2 aromatic carbocycles. The molecule has 0 aliphatic heterocycles. The maximum Gasteiger partial charge on any atom is 0.255 e. The average molecular weight is 426 g/mol. The highest BCUT2D eigenvalue weighted by Crippen LogP contribution is 2.25. The minimum Gasteiger partial charge on any atom is -0.322 e. The monoisotopic (exact) mass is 424 g/mol. The smallest absolute Gasteiger partial charge is 0.255 e. The van der Waals surface area contributed by atoms with Gasteiger partial charge in [0.05, 0.1) is 5.52 Å². The van der Waals surface area contributed by atoms with E-state index in [2.05, 4.69) is 26.2 Å². The molecule has 6 heteroatoms. The number of carbonyl (C=O) groups excluding carboxylic acids is 1. The number of nitrogens with one attached hydrogen (secondary N) is 1. The van der Waals surface area contributed by atoms with Crippen molar-refractivity contribution < 1.29 is 4.79 Å². The number of pyridine rings is 1. The summed E-state index contributed by atoms with van der Waals surface area (Å²) in [6.07, 6.45) is 1.77. The van der Waals surface area contributed by atoms with E-state index in [1.165, 1.54) is 0 Å². The summed E-state index contributed by atoms with van der Waals surface area (Å²) in [7, 11) is 0. The lowest BCUT2D eigenvalue weighted by atomic mass is 10.1. The molecule has 3 nitrogen and oxygen atoms in total. The van der Waals surface area contributed by atoms with Gasteiger partial charge in [-0.3, -0.25) is 9.78 Å². The summed E-state index contributed by atoms with van der Waals surface area (Å²) in [5.41, 5.74) is 4.15. The van der Waals surface area contributed by atoms with Crippen molar-refractivity contribution in [2.45, 2.75) is 12.8 Å². The van der Waals surface area contributed by atoms with Crippen LogP contribution in [0.15, 0.2) is 53.1 Å². The molecule has 0 radical (unpaired) electrons. The molecule has 0 saturated carbocycles. The van der Waals surface area contributed by atoms with Crippen molar-refractivity contribution in [1.29, 1.82) is 0 Å². The zero-order valence-corrected chi connectivity index (χ0v) is 16.0. The highest BCUT2D eigenvalue weighted by atomic mass is 79.9. The number of amides is 1. The number of aryl methyl sites for hydroxylation is 1. The van der Waals surface area contributed by atoms with E-state index in [1.54, 1.807) is 18.3 Å². The van der Waals surface area contributed by atoms with E-state index in [0.717, 1.165) is 32.2 Å². The first-order valence-corrected chi connectivity index (χ1v) is 8.42. The van der Waals surface area contributed by atoms with E-state index in [4.69, 9.17) is 11.6 Å². The van der Waals surface area contributed by atoms with Crippen LogP contribution in [0.3, 0.4) is 0 Å². The third kappa shape index (κ3) is 3.89. The predicted octanol–water partition coefficient (Wildman–Crippen LogP) is 5.72. The molecule has 1 N–H and O–H groups in total. The number of alkyl halides is 1. The number of hydrogen-bond donors (Lipinski definition) is 1. The molecule has 0 fully saturated rings. The quantitative estimate of drug-likeness (QED) is 0.545. The third-order valence-corrected chi connectivity index (χ3v) is 4.51. The minimum atomic E-state index is -0.141. The first-order chi connectivity index (χ1) is 11.1. The molecule has 1 amide bonds. The number of hydrogen-bond acceptors (Lipinski definition) is 2. The Bertz CT molecular complexity index is 882. The Morgan fingerprint density at radius 2 is 1.92 bits per heavy atom. The first-order valence-electron chi connectivity index (χ1n) is 7.09. The number of benzene rings is 2. The Balaban J connectivity index is 0.00000208. The van der Waals surface area contributed by atoms with Crippen LogP contribution in [-0.4, -0.2) is 10.9 Å². The summed E-state index contributed by atoms with van der Waals surface area (Å²) >= 11 is 9.21. The molecule has 1 heterocycles. The SMILES string of the molecule is Cc1c(NC(=O)c2ccc(Br)cc2)ccc2cc(CCl)cnc12.Cl. The van der Waals surface area contributed by atoms with Gasteiger partial charge in [-0.1, -0.05) is 22.0 Å². The Morgan fingerprint density at radius 3 is 2.58 bits per heavy atom. The zero-order valence-electron chi connectivity index (χ0n) is 12.8. The first kappa shape index (κ1) is 18.7. The molecule has 0 bridgehead atoms. The van der Waals surface area contributed by atoms with E-state index >= 15 is 0 Å². The average Bonchev–Trinajstić information content (AvgIpc) is 2.57. The lowest BCUT2D eigenvalue weighted by Crippen LogP contribution is -2.12. The molecule has 0 aliphatic carbocycles. The second kappa shape index (κ2) is 7.97. The molecule has 0 aliphatic rings. The Morgan fingerprint density at radius 1 is 1.21 bits per heavy atom. The van der Waals surface area contributed by atoms with Crippen LogP contribution in [0, 0.1) is 6.92 Å². The molecule has 0 unspecified atom stereocenters. The number of halogens is 3. The van der Waals surface area contributed by atoms with Gasteiger partial charge < -0.3 is 5.32 Å². The summed E-state index contributed by atoms with van der Waals surface area (Å²) in [4.78, 5) is 16.8. The van der Waals surface area contributed by atoms with Crippen LogP contribution >= 0.6 is 39.9 Å². The molecule has 3 rings (SSSR count). The van der Waals surface area contributed by atoms with Crippen molar-refractivity contribution in [3.8, 4) is 0 Å². The zero-order chi connectivity index (χ0) is 16.4. The van der Waals surface area contributed by atoms with E-state index in [0.29, 0.717) is 11.4 Å². The molecular formula is C18H15BrCl2N2O. The van der Waals surface area contributed by atoms with E-state index in [-0.39, 0.29) is 18.3 Å². The summed E-state index contributed by atoms with van der Waals surface area (Å²) in [5.74, 6) is 0.293. The lowest BCUT2D eigenvalue weighted by molar-refractivity contribution is 0.102. The lowest BCUT2D eigenvalue weighted by Gasteiger charge is -2.11. The maximum atomic E-state index is 12.3. The van der Waals surface area contributed by atoms with E-state index < -0.39 is 0 Å². The molecule has 0 spiro atoms. The number of nitrogens with zero attached hydrogens (tertiary/aromatic N) is 1. The van der Waals surface area contributed by atoms with Gasteiger partial charge in [-0.15, -0.1) is 24.0 Å². The van der Waals surface area contributed by atoms with E-state index in [1.807, 2.05) is 37.3 Å². The molecule has 0 saturated heterocycles. The Hall–Kier alpha value is -1.62. The van der Waals surface area contributed by atoms with Gasteiger partial charge in [0.25, 0.3) is 5.91 Å². The molecule has 0 atom stereocenters. The van der Waals surface area contributed by atoms with Gasteiger partial charge in [0.1, 0.15) is 0 Å². The van der Waals surface area contributed by atoms with Crippen LogP contribution in [0.4, 0.5) is 5.69 Å². The van der Waals surface area contributed by atoms with Crippen LogP contribution in [0.25, 0.3) is 10.9 Å². The van der Waals surface area contributed by atoms with Crippen molar-refractivity contribution in [3.63, 3.8) is 0 Å². The number of fused-ring (bicyclic) bond motifs is 1. The largest absolute Gasteiger partial charge is 0.322 e. The summed E-state index contributed by atoms with van der Waals surface area (Å²) in [6.45, 7) is 1.95. The molecular weight excluding hydrogens is 411 g/mol. The van der Waals surface area contributed by atoms with Crippen LogP contribution in [-0.2, 0) is 5.88 Å². The van der Waals surface area contributed by atoms with Crippen LogP contribution < -0.4 is 5.32 Å². The predicted molar refractivity (Wildman–Crippen MR) is 105 cm³/mol. The standard InChI is InChI=1S/C18H14BrClN2O.ClH/c1-11-16(22-18(23)13-2-5-15(19)6-3-13)7-4-14-8-12(9-20)10-21-17(11)14;/h2-8,10H,9H2,1H3,(H,22,23);1H. The van der Waals surface area contributed by atoms with Crippen molar-refractivity contribution in [3.05, 3.63) is 69.8 Å². The fourth-order valence-corrected chi connectivity index (χ4v) is 2.81. The second-order valence-electron chi connectivity index (χ2n) is 5.25. The number of aromatic nitrogens is 1. The van der Waals surface area contributed by atoms with Crippen molar-refractivity contribution >= 4 is 62.4 Å². The van der Waals surface area contributed by atoms with Crippen LogP contribution in [0.1, 0.15) is 21.5 Å². The van der Waals surface area contributed by atoms with Gasteiger partial charge in [0, 0.05) is 33.2 Å². The summed E-state index contributed by atoms with van der Waals surface area (Å²) < 4.78 is 0.940. The van der Waals surface area contributed by atoms with Gasteiger partial charge in [-0.25, -0.2) is 0 Å². The highest BCUT2D eigenvalue weighted by Gasteiger charge is 2.10. The van der Waals surface area contributed by atoms with Crippen LogP contribution in [0.2, 0.25) is 0 Å². The summed E-state index contributed by atoms with van der Waals surface area (Å²) in [5, 5.41) is 3.96. The van der Waals surface area contributed by atoms with Gasteiger partial charge in [0.15, 0.2) is 0 Å². The number of carbonyl (C=O) groups is 1. The third-order valence-electron chi connectivity index (χ3n) is 3.67. The van der Waals surface area contributed by atoms with Gasteiger partial charge in [0.2, 0.25) is 0 Å². The van der Waals surface area contributed by atoms with Crippen LogP contribution in [0.5, 0.6) is 0 Å². The van der Waals surface area contributed by atoms with Crippen molar-refractivity contribution in [2.24, 2.45) is 0 Å². The second-order valence-corrected chi connectivity index (χ2v) is 6.43. The minimum absolute atomic E-state index is 0. The topological polar surface area (TPSA) is 42.0 Å².